The predicted molar refractivity (Wildman–Crippen MR) is 86.3 cm³/mol. The Morgan fingerprint density at radius 3 is 2.54 bits per heavy atom. The van der Waals surface area contributed by atoms with Crippen LogP contribution in [-0.2, 0) is 22.5 Å². The quantitative estimate of drug-likeness (QED) is 0.826. The molecule has 5 nitrogen and oxygen atoms in total. The van der Waals surface area contributed by atoms with Crippen molar-refractivity contribution in [2.45, 2.75) is 13.0 Å². The lowest BCUT2D eigenvalue weighted by atomic mass is 10.1. The molecule has 0 saturated carbocycles. The molecule has 1 N–H and O–H groups in total. The normalized spacial score (nSPS) is 10.1. The number of hydrogen-bond donors (Lipinski definition) is 1. The van der Waals surface area contributed by atoms with Crippen molar-refractivity contribution in [3.05, 3.63) is 65.0 Å². The minimum atomic E-state index is -0.514. The zero-order valence-corrected chi connectivity index (χ0v) is 13.5. The van der Waals surface area contributed by atoms with Gasteiger partial charge in [0.2, 0.25) is 5.91 Å². The lowest BCUT2D eigenvalue weighted by Gasteiger charge is -2.10. The first-order chi connectivity index (χ1) is 11.5. The van der Waals surface area contributed by atoms with E-state index in [1.54, 1.807) is 30.3 Å². The van der Waals surface area contributed by atoms with E-state index in [0.29, 0.717) is 11.3 Å². The van der Waals surface area contributed by atoms with Gasteiger partial charge in [-0.3, -0.25) is 4.79 Å². The lowest BCUT2D eigenvalue weighted by Crippen LogP contribution is -2.24. The molecule has 2 aromatic rings. The number of ether oxygens (including phenoxy) is 2. The fourth-order valence-electron chi connectivity index (χ4n) is 2.23. The molecule has 0 heterocycles. The van der Waals surface area contributed by atoms with Gasteiger partial charge in [0.15, 0.2) is 0 Å². The summed E-state index contributed by atoms with van der Waals surface area (Å²) in [5.74, 6) is -0.731. The fourth-order valence-corrected chi connectivity index (χ4v) is 2.23. The van der Waals surface area contributed by atoms with Crippen LogP contribution in [0.1, 0.15) is 21.5 Å². The minimum absolute atomic E-state index is 0.0811. The van der Waals surface area contributed by atoms with E-state index in [0.717, 1.165) is 5.56 Å². The van der Waals surface area contributed by atoms with Gasteiger partial charge in [-0.2, -0.15) is 0 Å². The van der Waals surface area contributed by atoms with Gasteiger partial charge in [0, 0.05) is 6.54 Å². The minimum Gasteiger partial charge on any atom is -0.496 e. The van der Waals surface area contributed by atoms with Crippen LogP contribution in [0.2, 0.25) is 0 Å². The molecule has 0 saturated heterocycles. The first-order valence-electron chi connectivity index (χ1n) is 7.30. The van der Waals surface area contributed by atoms with Crippen LogP contribution in [0.4, 0.5) is 4.39 Å². The second-order valence-electron chi connectivity index (χ2n) is 5.11. The third-order valence-corrected chi connectivity index (χ3v) is 3.41. The lowest BCUT2D eigenvalue weighted by molar-refractivity contribution is -0.120. The molecule has 0 aliphatic carbocycles. The molecule has 0 spiro atoms. The Morgan fingerprint density at radius 1 is 1.08 bits per heavy atom. The molecule has 0 aliphatic rings. The zero-order valence-electron chi connectivity index (χ0n) is 13.5. The van der Waals surface area contributed by atoms with Crippen molar-refractivity contribution >= 4 is 11.9 Å². The maximum Gasteiger partial charge on any atom is 0.341 e. The molecule has 0 aliphatic heterocycles. The molecule has 24 heavy (non-hydrogen) atoms. The molecule has 6 heteroatoms. The number of esters is 1. The molecule has 1 amide bonds. The van der Waals surface area contributed by atoms with Crippen LogP contribution in [0.15, 0.2) is 42.5 Å². The summed E-state index contributed by atoms with van der Waals surface area (Å²) in [6.45, 7) is 0.238. The number of benzene rings is 2. The Balaban J connectivity index is 2.01. The van der Waals surface area contributed by atoms with E-state index in [-0.39, 0.29) is 30.3 Å². The van der Waals surface area contributed by atoms with Crippen molar-refractivity contribution in [1.29, 1.82) is 0 Å². The number of hydrogen-bond acceptors (Lipinski definition) is 4. The van der Waals surface area contributed by atoms with Crippen molar-refractivity contribution in [2.75, 3.05) is 14.2 Å². The molecular weight excluding hydrogens is 313 g/mol. The standard InChI is InChI=1S/C18H18FNO4/c1-23-16-7-6-13(9-15(16)18(22)24-2)11-20-17(21)10-12-4-3-5-14(19)8-12/h3-9H,10-11H2,1-2H3,(H,20,21). The van der Waals surface area contributed by atoms with Crippen LogP contribution in [-0.4, -0.2) is 26.1 Å². The Hall–Kier alpha value is -2.89. The topological polar surface area (TPSA) is 64.6 Å². The average molecular weight is 331 g/mol. The highest BCUT2D eigenvalue weighted by molar-refractivity contribution is 5.92. The second-order valence-corrected chi connectivity index (χ2v) is 5.11. The molecule has 2 rings (SSSR count). The molecule has 0 bridgehead atoms. The van der Waals surface area contributed by atoms with E-state index in [9.17, 15) is 14.0 Å². The molecule has 2 aromatic carbocycles. The molecular formula is C18H18FNO4. The third kappa shape index (κ3) is 4.55. The number of halogens is 1. The molecule has 0 radical (unpaired) electrons. The van der Waals surface area contributed by atoms with Crippen molar-refractivity contribution in [3.8, 4) is 5.75 Å². The second kappa shape index (κ2) is 8.10. The van der Waals surface area contributed by atoms with Gasteiger partial charge in [-0.25, -0.2) is 9.18 Å². The van der Waals surface area contributed by atoms with Gasteiger partial charge in [-0.15, -0.1) is 0 Å². The monoisotopic (exact) mass is 331 g/mol. The Bertz CT molecular complexity index is 746. The maximum atomic E-state index is 13.1. The van der Waals surface area contributed by atoms with Crippen LogP contribution in [0.25, 0.3) is 0 Å². The highest BCUT2D eigenvalue weighted by atomic mass is 19.1. The number of amides is 1. The van der Waals surface area contributed by atoms with Gasteiger partial charge in [-0.1, -0.05) is 18.2 Å². The van der Waals surface area contributed by atoms with E-state index < -0.39 is 5.97 Å². The van der Waals surface area contributed by atoms with E-state index >= 15 is 0 Å². The molecule has 0 atom stereocenters. The third-order valence-electron chi connectivity index (χ3n) is 3.41. The van der Waals surface area contributed by atoms with Crippen LogP contribution in [0.3, 0.4) is 0 Å². The van der Waals surface area contributed by atoms with Gasteiger partial charge < -0.3 is 14.8 Å². The molecule has 0 unspecified atom stereocenters. The van der Waals surface area contributed by atoms with Crippen molar-refractivity contribution < 1.29 is 23.5 Å². The van der Waals surface area contributed by atoms with Crippen LogP contribution in [0, 0.1) is 5.82 Å². The predicted octanol–water partition coefficient (Wildman–Crippen LogP) is 2.48. The van der Waals surface area contributed by atoms with Gasteiger partial charge >= 0.3 is 5.97 Å². The Morgan fingerprint density at radius 2 is 1.88 bits per heavy atom. The number of methoxy groups -OCH3 is 2. The van der Waals surface area contributed by atoms with E-state index in [1.807, 2.05) is 0 Å². The van der Waals surface area contributed by atoms with Crippen LogP contribution >= 0.6 is 0 Å². The maximum absolute atomic E-state index is 13.1. The van der Waals surface area contributed by atoms with Crippen LogP contribution in [0.5, 0.6) is 5.75 Å². The van der Waals surface area contributed by atoms with Gasteiger partial charge in [0.25, 0.3) is 0 Å². The Labute approximate surface area is 139 Å². The first kappa shape index (κ1) is 17.5. The highest BCUT2D eigenvalue weighted by Gasteiger charge is 2.13. The van der Waals surface area contributed by atoms with E-state index in [2.05, 4.69) is 5.32 Å². The summed E-state index contributed by atoms with van der Waals surface area (Å²) in [5, 5.41) is 2.73. The van der Waals surface area contributed by atoms with Gasteiger partial charge in [-0.05, 0) is 35.4 Å². The smallest absolute Gasteiger partial charge is 0.341 e. The number of carbonyl (C=O) groups excluding carboxylic acids is 2. The van der Waals surface area contributed by atoms with Crippen LogP contribution < -0.4 is 10.1 Å². The number of rotatable bonds is 6. The van der Waals surface area contributed by atoms with E-state index in [4.69, 9.17) is 9.47 Å². The summed E-state index contributed by atoms with van der Waals surface area (Å²) in [5.41, 5.74) is 1.61. The molecule has 0 aromatic heterocycles. The highest BCUT2D eigenvalue weighted by Crippen LogP contribution is 2.20. The summed E-state index contributed by atoms with van der Waals surface area (Å²) < 4.78 is 22.9. The summed E-state index contributed by atoms with van der Waals surface area (Å²) in [7, 11) is 2.75. The van der Waals surface area contributed by atoms with Crippen molar-refractivity contribution in [2.24, 2.45) is 0 Å². The zero-order chi connectivity index (χ0) is 17.5. The van der Waals surface area contributed by atoms with Gasteiger partial charge in [0.05, 0.1) is 20.6 Å². The van der Waals surface area contributed by atoms with Crippen molar-refractivity contribution in [1.82, 2.24) is 5.32 Å². The van der Waals surface area contributed by atoms with Crippen molar-refractivity contribution in [3.63, 3.8) is 0 Å². The number of carbonyl (C=O) groups is 2. The Kier molecular flexibility index (Phi) is 5.89. The summed E-state index contributed by atoms with van der Waals surface area (Å²) in [4.78, 5) is 23.7. The average Bonchev–Trinajstić information content (AvgIpc) is 2.59. The summed E-state index contributed by atoms with van der Waals surface area (Å²) in [6.07, 6.45) is 0.0811. The molecule has 0 fully saturated rings. The van der Waals surface area contributed by atoms with Gasteiger partial charge in [0.1, 0.15) is 17.1 Å². The number of nitrogens with one attached hydrogen (secondary N) is 1. The largest absolute Gasteiger partial charge is 0.496 e. The SMILES string of the molecule is COC(=O)c1cc(CNC(=O)Cc2cccc(F)c2)ccc1OC. The molecule has 126 valence electrons. The summed E-state index contributed by atoms with van der Waals surface area (Å²) in [6, 6.07) is 10.9. The first-order valence-corrected chi connectivity index (χ1v) is 7.30. The van der Waals surface area contributed by atoms with E-state index in [1.165, 1.54) is 26.4 Å². The fraction of sp³-hybridized carbons (Fsp3) is 0.222. The summed E-state index contributed by atoms with van der Waals surface area (Å²) >= 11 is 0.